The van der Waals surface area contributed by atoms with E-state index in [0.717, 1.165) is 23.7 Å². The van der Waals surface area contributed by atoms with E-state index in [0.29, 0.717) is 23.8 Å². The smallest absolute Gasteiger partial charge is 0.274 e. The average Bonchev–Trinajstić information content (AvgIpc) is 2.96. The molecule has 1 saturated carbocycles. The zero-order chi connectivity index (χ0) is 19.0. The molecule has 0 saturated heterocycles. The molecule has 7 nitrogen and oxygen atoms in total. The van der Waals surface area contributed by atoms with Crippen molar-refractivity contribution < 1.29 is 13.2 Å². The van der Waals surface area contributed by atoms with Gasteiger partial charge in [-0.25, -0.2) is 13.6 Å². The van der Waals surface area contributed by atoms with Crippen LogP contribution in [-0.2, 0) is 16.6 Å². The molecule has 1 aliphatic rings. The maximum atomic E-state index is 13.0. The van der Waals surface area contributed by atoms with Crippen molar-refractivity contribution in [2.45, 2.75) is 30.7 Å². The first-order valence-electron chi connectivity index (χ1n) is 8.81. The van der Waals surface area contributed by atoms with Gasteiger partial charge >= 0.3 is 0 Å². The lowest BCUT2D eigenvalue weighted by atomic mass is 9.85. The van der Waals surface area contributed by atoms with Gasteiger partial charge in [0.1, 0.15) is 5.69 Å². The van der Waals surface area contributed by atoms with Gasteiger partial charge in [-0.2, -0.15) is 5.10 Å². The van der Waals surface area contributed by atoms with E-state index < -0.39 is 10.0 Å². The van der Waals surface area contributed by atoms with Gasteiger partial charge < -0.3 is 5.32 Å². The van der Waals surface area contributed by atoms with Crippen LogP contribution in [0.25, 0.3) is 10.9 Å². The number of nitrogens with zero attached hydrogens (tertiary/aromatic N) is 2. The van der Waals surface area contributed by atoms with Crippen LogP contribution in [0.5, 0.6) is 0 Å². The topological polar surface area (TPSA) is 107 Å². The van der Waals surface area contributed by atoms with Gasteiger partial charge in [0, 0.05) is 17.6 Å². The van der Waals surface area contributed by atoms with Crippen LogP contribution in [-0.4, -0.2) is 24.1 Å². The molecule has 0 bridgehead atoms. The standard InChI is InChI=1S/C19H20N4O3S/c20-27(25,26)15-8-4-7-14(11-15)21-19(24)18-16-9-1-2-10-17(16)22-23(18)12-13-5-3-6-13/h1-2,4,7-11,13H,3,5-6,12H2,(H,21,24)(H2,20,25,26). The molecule has 4 rings (SSSR count). The van der Waals surface area contributed by atoms with E-state index in [1.54, 1.807) is 16.8 Å². The van der Waals surface area contributed by atoms with Crippen LogP contribution >= 0.6 is 0 Å². The molecule has 1 amide bonds. The molecule has 27 heavy (non-hydrogen) atoms. The lowest BCUT2D eigenvalue weighted by Crippen LogP contribution is -2.24. The third-order valence-corrected chi connectivity index (χ3v) is 5.85. The summed E-state index contributed by atoms with van der Waals surface area (Å²) >= 11 is 0. The van der Waals surface area contributed by atoms with Crippen LogP contribution in [0.15, 0.2) is 53.4 Å². The SMILES string of the molecule is NS(=O)(=O)c1cccc(NC(=O)c2c3ccccc3nn2CC2CCC2)c1. The van der Waals surface area contributed by atoms with E-state index in [4.69, 9.17) is 5.14 Å². The number of carbonyl (C=O) groups is 1. The van der Waals surface area contributed by atoms with Crippen molar-refractivity contribution in [2.24, 2.45) is 11.1 Å². The van der Waals surface area contributed by atoms with Gasteiger partial charge in [0.15, 0.2) is 0 Å². The highest BCUT2D eigenvalue weighted by atomic mass is 32.2. The number of carbonyl (C=O) groups excluding carboxylic acids is 1. The van der Waals surface area contributed by atoms with E-state index in [1.165, 1.54) is 18.6 Å². The molecule has 0 atom stereocenters. The second-order valence-corrected chi connectivity index (χ2v) is 8.43. The maximum absolute atomic E-state index is 13.0. The Labute approximate surface area is 157 Å². The molecule has 0 unspecified atom stereocenters. The summed E-state index contributed by atoms with van der Waals surface area (Å²) in [6.45, 7) is 0.703. The number of primary sulfonamides is 1. The number of aromatic nitrogens is 2. The lowest BCUT2D eigenvalue weighted by molar-refractivity contribution is 0.101. The monoisotopic (exact) mass is 384 g/mol. The summed E-state index contributed by atoms with van der Waals surface area (Å²) in [5.74, 6) is 0.214. The summed E-state index contributed by atoms with van der Waals surface area (Å²) in [7, 11) is -3.84. The first-order valence-corrected chi connectivity index (χ1v) is 10.4. The highest BCUT2D eigenvalue weighted by molar-refractivity contribution is 7.89. The first kappa shape index (κ1) is 17.7. The summed E-state index contributed by atoms with van der Waals surface area (Å²) < 4.78 is 24.9. The molecular formula is C19H20N4O3S. The molecule has 1 heterocycles. The second-order valence-electron chi connectivity index (χ2n) is 6.87. The number of benzene rings is 2. The third kappa shape index (κ3) is 3.58. The normalized spacial score (nSPS) is 14.9. The van der Waals surface area contributed by atoms with Crippen LogP contribution in [0.3, 0.4) is 0 Å². The molecule has 2 aromatic carbocycles. The number of hydrogen-bond acceptors (Lipinski definition) is 4. The van der Waals surface area contributed by atoms with Gasteiger partial charge in [-0.3, -0.25) is 9.48 Å². The highest BCUT2D eigenvalue weighted by Gasteiger charge is 2.24. The van der Waals surface area contributed by atoms with Gasteiger partial charge in [0.25, 0.3) is 5.91 Å². The van der Waals surface area contributed by atoms with Gasteiger partial charge in [-0.1, -0.05) is 30.7 Å². The number of fused-ring (bicyclic) bond motifs is 1. The first-order chi connectivity index (χ1) is 12.9. The van der Waals surface area contributed by atoms with Crippen LogP contribution in [0.4, 0.5) is 5.69 Å². The van der Waals surface area contributed by atoms with E-state index >= 15 is 0 Å². The van der Waals surface area contributed by atoms with Crippen molar-refractivity contribution in [3.8, 4) is 0 Å². The van der Waals surface area contributed by atoms with Gasteiger partial charge in [0.2, 0.25) is 10.0 Å². The Kier molecular flexibility index (Phi) is 4.45. The van der Waals surface area contributed by atoms with Crippen molar-refractivity contribution in [3.05, 3.63) is 54.2 Å². The fourth-order valence-electron chi connectivity index (χ4n) is 3.31. The largest absolute Gasteiger partial charge is 0.321 e. The summed E-state index contributed by atoms with van der Waals surface area (Å²) in [6, 6.07) is 13.4. The third-order valence-electron chi connectivity index (χ3n) is 4.94. The Hall–Kier alpha value is -2.71. The van der Waals surface area contributed by atoms with Crippen molar-refractivity contribution in [1.29, 1.82) is 0 Å². The molecule has 3 N–H and O–H groups in total. The summed E-state index contributed by atoms with van der Waals surface area (Å²) in [6.07, 6.45) is 3.51. The second kappa shape index (κ2) is 6.79. The highest BCUT2D eigenvalue weighted by Crippen LogP contribution is 2.29. The zero-order valence-corrected chi connectivity index (χ0v) is 15.4. The van der Waals surface area contributed by atoms with Crippen LogP contribution in [0.1, 0.15) is 29.8 Å². The molecule has 0 radical (unpaired) electrons. The molecule has 1 aromatic heterocycles. The van der Waals surface area contributed by atoms with Crippen LogP contribution < -0.4 is 10.5 Å². The molecule has 0 spiro atoms. The number of amides is 1. The van der Waals surface area contributed by atoms with Gasteiger partial charge in [-0.15, -0.1) is 0 Å². The summed E-state index contributed by atoms with van der Waals surface area (Å²) in [4.78, 5) is 13.0. The fourth-order valence-corrected chi connectivity index (χ4v) is 3.87. The minimum Gasteiger partial charge on any atom is -0.321 e. The quantitative estimate of drug-likeness (QED) is 0.705. The van der Waals surface area contributed by atoms with E-state index in [-0.39, 0.29) is 10.8 Å². The Balaban J connectivity index is 1.69. The number of anilines is 1. The lowest BCUT2D eigenvalue weighted by Gasteiger charge is -2.25. The summed E-state index contributed by atoms with van der Waals surface area (Å²) in [5.41, 5.74) is 1.62. The Morgan fingerprint density at radius 3 is 2.67 bits per heavy atom. The Morgan fingerprint density at radius 2 is 1.96 bits per heavy atom. The van der Waals surface area contributed by atoms with Crippen molar-refractivity contribution in [3.63, 3.8) is 0 Å². The fraction of sp³-hybridized carbons (Fsp3) is 0.263. The predicted octanol–water partition coefficient (Wildman–Crippen LogP) is 2.74. The minimum absolute atomic E-state index is 0.0480. The van der Waals surface area contributed by atoms with Gasteiger partial charge in [0.05, 0.1) is 10.4 Å². The zero-order valence-electron chi connectivity index (χ0n) is 14.6. The van der Waals surface area contributed by atoms with Gasteiger partial charge in [-0.05, 0) is 43.0 Å². The van der Waals surface area contributed by atoms with E-state index in [2.05, 4.69) is 10.4 Å². The minimum atomic E-state index is -3.84. The molecule has 1 fully saturated rings. The number of sulfonamides is 1. The van der Waals surface area contributed by atoms with E-state index in [9.17, 15) is 13.2 Å². The Bertz CT molecular complexity index is 1120. The predicted molar refractivity (Wildman–Crippen MR) is 103 cm³/mol. The molecular weight excluding hydrogens is 364 g/mol. The van der Waals surface area contributed by atoms with Crippen molar-refractivity contribution >= 4 is 32.5 Å². The van der Waals surface area contributed by atoms with Crippen LogP contribution in [0, 0.1) is 5.92 Å². The number of rotatable bonds is 5. The number of hydrogen-bond donors (Lipinski definition) is 2. The number of nitrogens with two attached hydrogens (primary N) is 1. The molecule has 0 aliphatic heterocycles. The molecule has 3 aromatic rings. The average molecular weight is 384 g/mol. The summed E-state index contributed by atoms with van der Waals surface area (Å²) in [5, 5.41) is 13.3. The molecule has 1 aliphatic carbocycles. The maximum Gasteiger partial charge on any atom is 0.274 e. The number of nitrogens with one attached hydrogen (secondary N) is 1. The van der Waals surface area contributed by atoms with Crippen molar-refractivity contribution in [2.75, 3.05) is 5.32 Å². The Morgan fingerprint density at radius 1 is 1.19 bits per heavy atom. The van der Waals surface area contributed by atoms with Crippen LogP contribution in [0.2, 0.25) is 0 Å². The molecule has 8 heteroatoms. The van der Waals surface area contributed by atoms with Crippen molar-refractivity contribution in [1.82, 2.24) is 9.78 Å². The van der Waals surface area contributed by atoms with E-state index in [1.807, 2.05) is 24.3 Å². The molecule has 140 valence electrons.